The molecule has 0 saturated heterocycles. The normalized spacial score (nSPS) is 9.76. The standard InChI is InChI=1S/C14H26N4O.C2H6/c1-3-7-18(8-4-2)12-10-13(16)17-14(11-12)19-9-5-6-15;1-2/h10-11H,3-9,15H2,1-2H3,(H2,16,17);1-2H3. The van der Waals surface area contributed by atoms with E-state index in [0.717, 1.165) is 38.0 Å². The van der Waals surface area contributed by atoms with Crippen LogP contribution in [0.4, 0.5) is 11.5 Å². The Labute approximate surface area is 129 Å². The van der Waals surface area contributed by atoms with Crippen molar-refractivity contribution in [2.75, 3.05) is 36.9 Å². The van der Waals surface area contributed by atoms with Gasteiger partial charge in [-0.3, -0.25) is 0 Å². The van der Waals surface area contributed by atoms with E-state index in [1.165, 1.54) is 0 Å². The summed E-state index contributed by atoms with van der Waals surface area (Å²) >= 11 is 0. The Morgan fingerprint density at radius 1 is 1.14 bits per heavy atom. The Morgan fingerprint density at radius 3 is 2.29 bits per heavy atom. The molecule has 1 aromatic rings. The third-order valence-electron chi connectivity index (χ3n) is 2.76. The minimum atomic E-state index is 0.498. The van der Waals surface area contributed by atoms with E-state index in [9.17, 15) is 0 Å². The fourth-order valence-corrected chi connectivity index (χ4v) is 1.94. The van der Waals surface area contributed by atoms with Crippen molar-refractivity contribution in [1.82, 2.24) is 4.98 Å². The van der Waals surface area contributed by atoms with Crippen LogP contribution in [0.5, 0.6) is 5.88 Å². The van der Waals surface area contributed by atoms with E-state index < -0.39 is 0 Å². The van der Waals surface area contributed by atoms with Crippen LogP contribution in [0.25, 0.3) is 0 Å². The monoisotopic (exact) mass is 296 g/mol. The van der Waals surface area contributed by atoms with Gasteiger partial charge in [0.2, 0.25) is 5.88 Å². The Kier molecular flexibility index (Phi) is 11.4. The number of ether oxygens (including phenoxy) is 1. The maximum absolute atomic E-state index is 5.85. The summed E-state index contributed by atoms with van der Waals surface area (Å²) in [5.41, 5.74) is 12.4. The molecule has 0 unspecified atom stereocenters. The summed E-state index contributed by atoms with van der Waals surface area (Å²) in [6, 6.07) is 3.86. The number of nitrogens with two attached hydrogens (primary N) is 2. The highest BCUT2D eigenvalue weighted by Gasteiger charge is 2.08. The summed E-state index contributed by atoms with van der Waals surface area (Å²) in [7, 11) is 0. The molecule has 5 nitrogen and oxygen atoms in total. The lowest BCUT2D eigenvalue weighted by Gasteiger charge is -2.24. The fraction of sp³-hybridized carbons (Fsp3) is 0.688. The molecule has 4 N–H and O–H groups in total. The molecule has 0 spiro atoms. The third-order valence-corrected chi connectivity index (χ3v) is 2.76. The van der Waals surface area contributed by atoms with Gasteiger partial charge in [-0.15, -0.1) is 0 Å². The number of nitrogen functional groups attached to an aromatic ring is 1. The van der Waals surface area contributed by atoms with Crippen molar-refractivity contribution >= 4 is 11.5 Å². The van der Waals surface area contributed by atoms with Gasteiger partial charge in [0.25, 0.3) is 0 Å². The van der Waals surface area contributed by atoms with E-state index in [2.05, 4.69) is 23.7 Å². The first-order valence-electron chi connectivity index (χ1n) is 8.06. The smallest absolute Gasteiger partial charge is 0.217 e. The molecule has 0 atom stereocenters. The molecule has 0 aliphatic rings. The van der Waals surface area contributed by atoms with E-state index in [4.69, 9.17) is 16.2 Å². The Balaban J connectivity index is 0.00000191. The molecular weight excluding hydrogens is 264 g/mol. The second kappa shape index (κ2) is 12.3. The van der Waals surface area contributed by atoms with Crippen molar-refractivity contribution in [3.05, 3.63) is 12.1 Å². The molecule has 1 heterocycles. The average Bonchev–Trinajstić information content (AvgIpc) is 2.49. The minimum Gasteiger partial charge on any atom is -0.478 e. The zero-order valence-corrected chi connectivity index (χ0v) is 14.1. The Hall–Kier alpha value is -1.49. The molecule has 0 saturated carbocycles. The predicted octanol–water partition coefficient (Wildman–Crippen LogP) is 3.04. The van der Waals surface area contributed by atoms with Crippen LogP contribution >= 0.6 is 0 Å². The van der Waals surface area contributed by atoms with Crippen LogP contribution in [-0.2, 0) is 0 Å². The summed E-state index contributed by atoms with van der Waals surface area (Å²) in [5, 5.41) is 0. The van der Waals surface area contributed by atoms with Crippen molar-refractivity contribution in [1.29, 1.82) is 0 Å². The number of aromatic nitrogens is 1. The first-order valence-corrected chi connectivity index (χ1v) is 8.06. The summed E-state index contributed by atoms with van der Waals surface area (Å²) in [5.74, 6) is 1.08. The van der Waals surface area contributed by atoms with Crippen molar-refractivity contribution in [3.8, 4) is 5.88 Å². The van der Waals surface area contributed by atoms with Crippen LogP contribution in [0.15, 0.2) is 12.1 Å². The topological polar surface area (TPSA) is 77.4 Å². The molecule has 0 aromatic carbocycles. The highest BCUT2D eigenvalue weighted by atomic mass is 16.5. The third kappa shape index (κ3) is 7.75. The van der Waals surface area contributed by atoms with Gasteiger partial charge in [-0.2, -0.15) is 4.98 Å². The molecule has 0 radical (unpaired) electrons. The number of pyridine rings is 1. The lowest BCUT2D eigenvalue weighted by molar-refractivity contribution is 0.302. The second-order valence-electron chi connectivity index (χ2n) is 4.57. The molecule has 0 bridgehead atoms. The summed E-state index contributed by atoms with van der Waals surface area (Å²) in [6.07, 6.45) is 3.02. The number of anilines is 2. The predicted molar refractivity (Wildman–Crippen MR) is 92.0 cm³/mol. The van der Waals surface area contributed by atoms with Gasteiger partial charge in [-0.25, -0.2) is 0 Å². The number of rotatable bonds is 9. The van der Waals surface area contributed by atoms with Gasteiger partial charge in [-0.1, -0.05) is 27.7 Å². The van der Waals surface area contributed by atoms with E-state index >= 15 is 0 Å². The lowest BCUT2D eigenvalue weighted by atomic mass is 10.3. The SMILES string of the molecule is CC.CCCN(CCC)c1cc(N)nc(OCCCN)c1. The molecule has 122 valence electrons. The van der Waals surface area contributed by atoms with Crippen LogP contribution in [0.3, 0.4) is 0 Å². The van der Waals surface area contributed by atoms with E-state index in [1.54, 1.807) is 0 Å². The molecule has 5 heteroatoms. The maximum Gasteiger partial charge on any atom is 0.217 e. The van der Waals surface area contributed by atoms with Crippen molar-refractivity contribution < 1.29 is 4.74 Å². The van der Waals surface area contributed by atoms with Crippen molar-refractivity contribution in [2.24, 2.45) is 5.73 Å². The highest BCUT2D eigenvalue weighted by Crippen LogP contribution is 2.23. The van der Waals surface area contributed by atoms with Crippen molar-refractivity contribution in [2.45, 2.75) is 47.0 Å². The van der Waals surface area contributed by atoms with Gasteiger partial charge in [0.15, 0.2) is 0 Å². The van der Waals surface area contributed by atoms with Gasteiger partial charge in [0, 0.05) is 30.9 Å². The second-order valence-corrected chi connectivity index (χ2v) is 4.57. The van der Waals surface area contributed by atoms with Gasteiger partial charge in [0.1, 0.15) is 5.82 Å². The Morgan fingerprint density at radius 2 is 1.76 bits per heavy atom. The van der Waals surface area contributed by atoms with E-state index in [-0.39, 0.29) is 0 Å². The zero-order chi connectivity index (χ0) is 16.1. The number of hydrogen-bond donors (Lipinski definition) is 2. The van der Waals surface area contributed by atoms with Crippen LogP contribution in [0, 0.1) is 0 Å². The van der Waals surface area contributed by atoms with Gasteiger partial charge < -0.3 is 21.1 Å². The minimum absolute atomic E-state index is 0.498. The molecule has 0 aliphatic carbocycles. The molecule has 0 aliphatic heterocycles. The molecular formula is C16H32N4O. The number of hydrogen-bond acceptors (Lipinski definition) is 5. The molecule has 0 amide bonds. The summed E-state index contributed by atoms with van der Waals surface area (Å²) in [6.45, 7) is 11.6. The fourth-order valence-electron chi connectivity index (χ4n) is 1.94. The molecule has 0 fully saturated rings. The quantitative estimate of drug-likeness (QED) is 0.685. The lowest BCUT2D eigenvalue weighted by Crippen LogP contribution is -2.25. The van der Waals surface area contributed by atoms with Crippen LogP contribution in [-0.4, -0.2) is 31.2 Å². The van der Waals surface area contributed by atoms with E-state index in [0.29, 0.717) is 24.8 Å². The summed E-state index contributed by atoms with van der Waals surface area (Å²) in [4.78, 5) is 6.51. The number of nitrogens with zero attached hydrogens (tertiary/aromatic N) is 2. The van der Waals surface area contributed by atoms with E-state index in [1.807, 2.05) is 26.0 Å². The van der Waals surface area contributed by atoms with Gasteiger partial charge >= 0.3 is 0 Å². The largest absolute Gasteiger partial charge is 0.478 e. The maximum atomic E-state index is 5.85. The van der Waals surface area contributed by atoms with Crippen LogP contribution in [0.1, 0.15) is 47.0 Å². The molecule has 1 rings (SSSR count). The summed E-state index contributed by atoms with van der Waals surface area (Å²) < 4.78 is 5.58. The van der Waals surface area contributed by atoms with Gasteiger partial charge in [-0.05, 0) is 25.8 Å². The first kappa shape index (κ1) is 19.5. The first-order chi connectivity index (χ1) is 10.2. The Bertz CT molecular complexity index is 365. The van der Waals surface area contributed by atoms with Gasteiger partial charge in [0.05, 0.1) is 6.61 Å². The van der Waals surface area contributed by atoms with Crippen molar-refractivity contribution in [3.63, 3.8) is 0 Å². The molecule has 21 heavy (non-hydrogen) atoms. The molecule has 1 aromatic heterocycles. The van der Waals surface area contributed by atoms with Crippen LogP contribution in [0.2, 0.25) is 0 Å². The zero-order valence-electron chi connectivity index (χ0n) is 14.1. The van der Waals surface area contributed by atoms with Crippen LogP contribution < -0.4 is 21.1 Å². The average molecular weight is 296 g/mol. The highest BCUT2D eigenvalue weighted by molar-refractivity contribution is 5.55.